The zero-order valence-corrected chi connectivity index (χ0v) is 13.3. The fourth-order valence-corrected chi connectivity index (χ4v) is 3.93. The Balaban J connectivity index is 1.86. The number of thiophene rings is 1. The molecule has 1 fully saturated rings. The third-order valence-electron chi connectivity index (χ3n) is 3.99. The summed E-state index contributed by atoms with van der Waals surface area (Å²) in [6, 6.07) is 5.15. The predicted molar refractivity (Wildman–Crippen MR) is 82.9 cm³/mol. The first kappa shape index (κ1) is 15.0. The molecule has 0 saturated heterocycles. The molecule has 0 amide bonds. The topological polar surface area (TPSA) is 21.3 Å². The molecule has 1 unspecified atom stereocenters. The van der Waals surface area contributed by atoms with Gasteiger partial charge in [-0.2, -0.15) is 0 Å². The van der Waals surface area contributed by atoms with Crippen LogP contribution in [0.1, 0.15) is 55.8 Å². The molecule has 108 valence electrons. The molecule has 0 aliphatic heterocycles. The molecule has 1 atom stereocenters. The molecule has 1 heterocycles. The van der Waals surface area contributed by atoms with Gasteiger partial charge in [0, 0.05) is 22.4 Å². The highest BCUT2D eigenvalue weighted by Crippen LogP contribution is 2.38. The Hall–Kier alpha value is -0.380. The van der Waals surface area contributed by atoms with Gasteiger partial charge >= 0.3 is 0 Å². The van der Waals surface area contributed by atoms with Gasteiger partial charge in [0.25, 0.3) is 0 Å². The summed E-state index contributed by atoms with van der Waals surface area (Å²) in [6.45, 7) is 8.43. The lowest BCUT2D eigenvalue weighted by atomic mass is 9.78. The molecule has 1 N–H and O–H groups in total. The molecule has 0 bridgehead atoms. The highest BCUT2D eigenvalue weighted by Gasteiger charge is 2.31. The molecule has 0 aromatic carbocycles. The predicted octanol–water partition coefficient (Wildman–Crippen LogP) is 4.17. The van der Waals surface area contributed by atoms with Crippen LogP contribution in [-0.2, 0) is 11.2 Å². The van der Waals surface area contributed by atoms with Crippen molar-refractivity contribution in [2.45, 2.75) is 58.6 Å². The second-order valence-electron chi connectivity index (χ2n) is 5.42. The second-order valence-corrected chi connectivity index (χ2v) is 6.62. The van der Waals surface area contributed by atoms with Gasteiger partial charge in [0.15, 0.2) is 0 Å². The molecule has 2 nitrogen and oxygen atoms in total. The van der Waals surface area contributed by atoms with Crippen LogP contribution in [0.15, 0.2) is 12.1 Å². The zero-order valence-electron chi connectivity index (χ0n) is 12.4. The Morgan fingerprint density at radius 3 is 2.68 bits per heavy atom. The average Bonchev–Trinajstić information content (AvgIpc) is 2.84. The second kappa shape index (κ2) is 7.41. The largest absolute Gasteiger partial charge is 0.378 e. The van der Waals surface area contributed by atoms with E-state index in [0.717, 1.165) is 25.5 Å². The van der Waals surface area contributed by atoms with Crippen molar-refractivity contribution in [1.82, 2.24) is 5.32 Å². The molecular weight excluding hydrogens is 254 g/mol. The molecule has 19 heavy (non-hydrogen) atoms. The number of nitrogens with one attached hydrogen (secondary N) is 1. The van der Waals surface area contributed by atoms with E-state index < -0.39 is 0 Å². The van der Waals surface area contributed by atoms with Gasteiger partial charge in [-0.25, -0.2) is 0 Å². The van der Waals surface area contributed by atoms with Crippen LogP contribution in [0.2, 0.25) is 0 Å². The number of hydrogen-bond acceptors (Lipinski definition) is 3. The van der Waals surface area contributed by atoms with Crippen LogP contribution in [0.25, 0.3) is 0 Å². The molecule has 1 aliphatic carbocycles. The Bertz CT molecular complexity index is 371. The first-order valence-corrected chi connectivity index (χ1v) is 8.52. The highest BCUT2D eigenvalue weighted by molar-refractivity contribution is 7.12. The maximum atomic E-state index is 5.66. The lowest BCUT2D eigenvalue weighted by molar-refractivity contribution is -0.0290. The fourth-order valence-electron chi connectivity index (χ4n) is 2.89. The van der Waals surface area contributed by atoms with Crippen LogP contribution in [0.4, 0.5) is 0 Å². The first-order valence-electron chi connectivity index (χ1n) is 7.70. The third-order valence-corrected chi connectivity index (χ3v) is 5.33. The smallest absolute Gasteiger partial charge is 0.0580 e. The monoisotopic (exact) mass is 281 g/mol. The molecule has 3 heteroatoms. The van der Waals surface area contributed by atoms with Crippen LogP contribution in [0.3, 0.4) is 0 Å². The Morgan fingerprint density at radius 1 is 1.32 bits per heavy atom. The van der Waals surface area contributed by atoms with Gasteiger partial charge in [-0.3, -0.25) is 0 Å². The Labute approximate surface area is 121 Å². The summed E-state index contributed by atoms with van der Waals surface area (Å²) >= 11 is 1.97. The summed E-state index contributed by atoms with van der Waals surface area (Å²) in [5.74, 6) is 0.841. The minimum absolute atomic E-state index is 0.534. The molecular formula is C16H27NOS. The minimum atomic E-state index is 0.534. The van der Waals surface area contributed by atoms with E-state index in [1.807, 2.05) is 11.3 Å². The van der Waals surface area contributed by atoms with E-state index in [4.69, 9.17) is 4.74 Å². The number of hydrogen-bond donors (Lipinski definition) is 1. The van der Waals surface area contributed by atoms with Crippen molar-refractivity contribution in [3.63, 3.8) is 0 Å². The molecule has 2 rings (SSSR count). The summed E-state index contributed by atoms with van der Waals surface area (Å²) in [7, 11) is 0. The van der Waals surface area contributed by atoms with Gasteiger partial charge in [-0.1, -0.05) is 13.8 Å². The maximum absolute atomic E-state index is 5.66. The minimum Gasteiger partial charge on any atom is -0.378 e. The SMILES string of the molecule is CCNC(CC1CC(OCC)C1)c1ccc(CC)s1. The van der Waals surface area contributed by atoms with Crippen molar-refractivity contribution in [3.8, 4) is 0 Å². The summed E-state index contributed by atoms with van der Waals surface area (Å²) in [4.78, 5) is 3.01. The molecule has 1 aromatic rings. The van der Waals surface area contributed by atoms with Crippen LogP contribution >= 0.6 is 11.3 Å². The quantitative estimate of drug-likeness (QED) is 0.772. The van der Waals surface area contributed by atoms with Crippen molar-refractivity contribution in [3.05, 3.63) is 21.9 Å². The van der Waals surface area contributed by atoms with Crippen molar-refractivity contribution in [1.29, 1.82) is 0 Å². The number of aryl methyl sites for hydroxylation is 1. The standard InChI is InChI=1S/C16H27NOS/c1-4-14-7-8-16(19-14)15(17-5-2)11-12-9-13(10-12)18-6-3/h7-8,12-13,15,17H,4-6,9-11H2,1-3H3. The first-order chi connectivity index (χ1) is 9.26. The highest BCUT2D eigenvalue weighted by atomic mass is 32.1. The average molecular weight is 281 g/mol. The van der Waals surface area contributed by atoms with Gasteiger partial charge in [0.2, 0.25) is 0 Å². The van der Waals surface area contributed by atoms with Gasteiger partial charge in [0.05, 0.1) is 6.10 Å². The summed E-state index contributed by atoms with van der Waals surface area (Å²) in [6.07, 6.45) is 5.45. The lowest BCUT2D eigenvalue weighted by Gasteiger charge is -2.37. The van der Waals surface area contributed by atoms with Crippen LogP contribution < -0.4 is 5.32 Å². The molecule has 1 aliphatic rings. The van der Waals surface area contributed by atoms with E-state index in [0.29, 0.717) is 12.1 Å². The van der Waals surface area contributed by atoms with E-state index in [1.165, 1.54) is 29.0 Å². The number of ether oxygens (including phenoxy) is 1. The van der Waals surface area contributed by atoms with E-state index in [1.54, 1.807) is 0 Å². The Kier molecular flexibility index (Phi) is 5.86. The van der Waals surface area contributed by atoms with Gasteiger partial charge in [-0.15, -0.1) is 11.3 Å². The van der Waals surface area contributed by atoms with E-state index >= 15 is 0 Å². The van der Waals surface area contributed by atoms with Crippen molar-refractivity contribution in [2.24, 2.45) is 5.92 Å². The molecule has 0 radical (unpaired) electrons. The fraction of sp³-hybridized carbons (Fsp3) is 0.750. The zero-order chi connectivity index (χ0) is 13.7. The van der Waals surface area contributed by atoms with Crippen molar-refractivity contribution >= 4 is 11.3 Å². The van der Waals surface area contributed by atoms with Crippen LogP contribution in [0.5, 0.6) is 0 Å². The Morgan fingerprint density at radius 2 is 2.11 bits per heavy atom. The molecule has 1 aromatic heterocycles. The van der Waals surface area contributed by atoms with Gasteiger partial charge in [-0.05, 0) is 57.2 Å². The maximum Gasteiger partial charge on any atom is 0.0580 e. The van der Waals surface area contributed by atoms with Gasteiger partial charge < -0.3 is 10.1 Å². The molecule has 0 spiro atoms. The van der Waals surface area contributed by atoms with E-state index in [9.17, 15) is 0 Å². The van der Waals surface area contributed by atoms with Crippen LogP contribution in [0, 0.1) is 5.92 Å². The summed E-state index contributed by atoms with van der Waals surface area (Å²) in [5.41, 5.74) is 0. The van der Waals surface area contributed by atoms with E-state index in [-0.39, 0.29) is 0 Å². The summed E-state index contributed by atoms with van der Waals surface area (Å²) in [5, 5.41) is 3.65. The number of rotatable bonds is 8. The lowest BCUT2D eigenvalue weighted by Crippen LogP contribution is -2.34. The van der Waals surface area contributed by atoms with Gasteiger partial charge in [0.1, 0.15) is 0 Å². The third kappa shape index (κ3) is 4.04. The van der Waals surface area contributed by atoms with Crippen molar-refractivity contribution < 1.29 is 4.74 Å². The normalized spacial score (nSPS) is 24.2. The van der Waals surface area contributed by atoms with E-state index in [2.05, 4.69) is 38.2 Å². The van der Waals surface area contributed by atoms with Crippen LogP contribution in [-0.4, -0.2) is 19.3 Å². The summed E-state index contributed by atoms with van der Waals surface area (Å²) < 4.78 is 5.66. The van der Waals surface area contributed by atoms with Crippen molar-refractivity contribution in [2.75, 3.05) is 13.2 Å². The molecule has 1 saturated carbocycles.